The van der Waals surface area contributed by atoms with Gasteiger partial charge >= 0.3 is 0 Å². The lowest BCUT2D eigenvalue weighted by molar-refractivity contribution is 0.103. The van der Waals surface area contributed by atoms with Crippen LogP contribution in [0, 0.1) is 0 Å². The highest BCUT2D eigenvalue weighted by atomic mass is 35.5. The van der Waals surface area contributed by atoms with E-state index in [1.807, 2.05) is 0 Å². The first-order chi connectivity index (χ1) is 7.60. The minimum absolute atomic E-state index is 0.282. The minimum atomic E-state index is -0.282. The van der Waals surface area contributed by atoms with E-state index in [1.54, 1.807) is 12.1 Å². The predicted molar refractivity (Wildman–Crippen MR) is 68.6 cm³/mol. The van der Waals surface area contributed by atoms with Crippen molar-refractivity contribution in [1.29, 1.82) is 0 Å². The van der Waals surface area contributed by atoms with Crippen molar-refractivity contribution in [2.75, 3.05) is 0 Å². The maximum Gasteiger partial charge on any atom is 0.196 e. The lowest BCUT2D eigenvalue weighted by Crippen LogP contribution is -2.02. The molecule has 1 aromatic rings. The van der Waals surface area contributed by atoms with Crippen molar-refractivity contribution >= 4 is 35.7 Å². The van der Waals surface area contributed by atoms with Crippen molar-refractivity contribution in [2.24, 2.45) is 4.99 Å². The third-order valence-corrected chi connectivity index (χ3v) is 2.45. The SMILES string of the molecule is C=C/C(=C\N=C)C(=O)c1cc(Cl)ccc1Cl. The average Bonchev–Trinajstić information content (AvgIpc) is 2.28. The van der Waals surface area contributed by atoms with Gasteiger partial charge in [0.05, 0.1) is 5.02 Å². The summed E-state index contributed by atoms with van der Waals surface area (Å²) in [6.45, 7) is 6.80. The molecule has 0 radical (unpaired) electrons. The highest BCUT2D eigenvalue weighted by Crippen LogP contribution is 2.23. The molecular weight excluding hydrogens is 245 g/mol. The molecule has 0 aliphatic heterocycles. The van der Waals surface area contributed by atoms with E-state index in [-0.39, 0.29) is 5.78 Å². The topological polar surface area (TPSA) is 29.4 Å². The van der Waals surface area contributed by atoms with Gasteiger partial charge in [0.1, 0.15) is 0 Å². The summed E-state index contributed by atoms with van der Waals surface area (Å²) in [5.74, 6) is -0.282. The molecule has 0 amide bonds. The number of halogens is 2. The van der Waals surface area contributed by atoms with E-state index in [2.05, 4.69) is 18.3 Å². The number of Topliss-reactive ketones (excluding diaryl/α,β-unsaturated/α-hetero) is 1. The molecule has 0 aliphatic carbocycles. The Hall–Kier alpha value is -1.38. The number of carbonyl (C=O) groups excluding carboxylic acids is 1. The van der Waals surface area contributed by atoms with Gasteiger partial charge < -0.3 is 0 Å². The highest BCUT2D eigenvalue weighted by Gasteiger charge is 2.13. The van der Waals surface area contributed by atoms with Gasteiger partial charge in [-0.05, 0) is 24.9 Å². The lowest BCUT2D eigenvalue weighted by Gasteiger charge is -2.04. The molecular formula is C12H9Cl2NO. The van der Waals surface area contributed by atoms with E-state index in [4.69, 9.17) is 23.2 Å². The van der Waals surface area contributed by atoms with Crippen LogP contribution in [0.2, 0.25) is 10.0 Å². The number of carbonyl (C=O) groups is 1. The quantitative estimate of drug-likeness (QED) is 0.346. The third kappa shape index (κ3) is 2.81. The molecule has 0 aliphatic rings. The number of hydrogen-bond donors (Lipinski definition) is 0. The van der Waals surface area contributed by atoms with Gasteiger partial charge in [0.15, 0.2) is 5.78 Å². The smallest absolute Gasteiger partial charge is 0.196 e. The summed E-state index contributed by atoms with van der Waals surface area (Å²) in [6, 6.07) is 4.69. The van der Waals surface area contributed by atoms with Crippen molar-refractivity contribution in [3.8, 4) is 0 Å². The molecule has 16 heavy (non-hydrogen) atoms. The molecule has 0 atom stereocenters. The Morgan fingerprint density at radius 1 is 1.38 bits per heavy atom. The van der Waals surface area contributed by atoms with Crippen molar-refractivity contribution in [3.05, 3.63) is 58.2 Å². The number of benzene rings is 1. The van der Waals surface area contributed by atoms with Gasteiger partial charge in [-0.15, -0.1) is 0 Å². The Labute approximate surface area is 104 Å². The van der Waals surface area contributed by atoms with Crippen LogP contribution in [-0.4, -0.2) is 12.5 Å². The summed E-state index contributed by atoms with van der Waals surface area (Å²) >= 11 is 11.7. The summed E-state index contributed by atoms with van der Waals surface area (Å²) in [5, 5.41) is 0.786. The number of hydrogen-bond acceptors (Lipinski definition) is 2. The molecule has 0 N–H and O–H groups in total. The van der Waals surface area contributed by atoms with Gasteiger partial charge in [-0.25, -0.2) is 0 Å². The van der Waals surface area contributed by atoms with Gasteiger partial charge in [0.25, 0.3) is 0 Å². The van der Waals surface area contributed by atoms with E-state index in [0.29, 0.717) is 21.2 Å². The van der Waals surface area contributed by atoms with Crippen molar-refractivity contribution in [1.82, 2.24) is 0 Å². The van der Waals surface area contributed by atoms with E-state index in [9.17, 15) is 4.79 Å². The van der Waals surface area contributed by atoms with Crippen molar-refractivity contribution in [2.45, 2.75) is 0 Å². The Bertz CT molecular complexity index is 478. The summed E-state index contributed by atoms with van der Waals surface area (Å²) in [5.41, 5.74) is 0.642. The second-order valence-electron chi connectivity index (χ2n) is 2.92. The van der Waals surface area contributed by atoms with Crippen LogP contribution in [0.1, 0.15) is 10.4 Å². The molecule has 0 heterocycles. The van der Waals surface area contributed by atoms with Crippen molar-refractivity contribution in [3.63, 3.8) is 0 Å². The van der Waals surface area contributed by atoms with Crippen LogP contribution in [0.3, 0.4) is 0 Å². The minimum Gasteiger partial charge on any atom is -0.288 e. The number of aliphatic imine (C=N–C) groups is 1. The Balaban J connectivity index is 3.23. The highest BCUT2D eigenvalue weighted by molar-refractivity contribution is 6.36. The van der Waals surface area contributed by atoms with Crippen LogP contribution in [0.25, 0.3) is 0 Å². The van der Waals surface area contributed by atoms with E-state index in [1.165, 1.54) is 18.3 Å². The maximum atomic E-state index is 12.0. The molecule has 2 nitrogen and oxygen atoms in total. The molecule has 0 fully saturated rings. The van der Waals surface area contributed by atoms with Gasteiger partial charge in [-0.2, -0.15) is 0 Å². The second-order valence-corrected chi connectivity index (χ2v) is 3.77. The zero-order valence-corrected chi connectivity index (χ0v) is 9.92. The van der Waals surface area contributed by atoms with E-state index >= 15 is 0 Å². The van der Waals surface area contributed by atoms with Gasteiger partial charge in [-0.3, -0.25) is 9.79 Å². The summed E-state index contributed by atoms with van der Waals surface area (Å²) in [4.78, 5) is 15.5. The first kappa shape index (κ1) is 12.7. The summed E-state index contributed by atoms with van der Waals surface area (Å²) in [7, 11) is 0. The van der Waals surface area contributed by atoms with Crippen LogP contribution >= 0.6 is 23.2 Å². The standard InChI is InChI=1S/C12H9Cl2NO/c1-3-8(7-15-2)12(16)10-6-9(13)4-5-11(10)14/h3-7H,1-2H2/b8-7+. The Morgan fingerprint density at radius 2 is 2.06 bits per heavy atom. The number of rotatable bonds is 4. The number of nitrogens with zero attached hydrogens (tertiary/aromatic N) is 1. The molecule has 0 bridgehead atoms. The molecule has 4 heteroatoms. The van der Waals surface area contributed by atoms with Gasteiger partial charge in [0, 0.05) is 22.4 Å². The second kappa shape index (κ2) is 5.64. The normalized spacial score (nSPS) is 11.0. The first-order valence-electron chi connectivity index (χ1n) is 4.38. The van der Waals surface area contributed by atoms with Crippen LogP contribution in [0.5, 0.6) is 0 Å². The Kier molecular flexibility index (Phi) is 4.47. The third-order valence-electron chi connectivity index (χ3n) is 1.89. The zero-order valence-electron chi connectivity index (χ0n) is 8.41. The fourth-order valence-corrected chi connectivity index (χ4v) is 1.50. The number of allylic oxidation sites excluding steroid dienone is 2. The van der Waals surface area contributed by atoms with Gasteiger partial charge in [-0.1, -0.05) is 35.9 Å². The van der Waals surface area contributed by atoms with Crippen LogP contribution in [0.4, 0.5) is 0 Å². The molecule has 0 spiro atoms. The van der Waals surface area contributed by atoms with E-state index in [0.717, 1.165) is 0 Å². The molecule has 0 aromatic heterocycles. The lowest BCUT2D eigenvalue weighted by atomic mass is 10.0. The summed E-state index contributed by atoms with van der Waals surface area (Å²) in [6.07, 6.45) is 2.72. The fourth-order valence-electron chi connectivity index (χ4n) is 1.13. The molecule has 0 saturated carbocycles. The predicted octanol–water partition coefficient (Wildman–Crippen LogP) is 3.95. The summed E-state index contributed by atoms with van der Waals surface area (Å²) < 4.78 is 0. The number of ketones is 1. The first-order valence-corrected chi connectivity index (χ1v) is 5.14. The van der Waals surface area contributed by atoms with E-state index < -0.39 is 0 Å². The zero-order chi connectivity index (χ0) is 12.1. The van der Waals surface area contributed by atoms with Crippen molar-refractivity contribution < 1.29 is 4.79 Å². The van der Waals surface area contributed by atoms with Crippen LogP contribution in [0.15, 0.2) is 47.6 Å². The fraction of sp³-hybridized carbons (Fsp3) is 0. The molecule has 1 rings (SSSR count). The monoisotopic (exact) mass is 253 g/mol. The van der Waals surface area contributed by atoms with Crippen LogP contribution < -0.4 is 0 Å². The molecule has 1 aromatic carbocycles. The molecule has 82 valence electrons. The Morgan fingerprint density at radius 3 is 2.62 bits per heavy atom. The largest absolute Gasteiger partial charge is 0.288 e. The van der Waals surface area contributed by atoms with Gasteiger partial charge in [0.2, 0.25) is 0 Å². The maximum absolute atomic E-state index is 12.0. The molecule has 0 unspecified atom stereocenters. The molecule has 0 saturated heterocycles. The average molecular weight is 254 g/mol. The van der Waals surface area contributed by atoms with Crippen LogP contribution in [-0.2, 0) is 0 Å².